The molecule has 0 unspecified atom stereocenters. The lowest BCUT2D eigenvalue weighted by Crippen LogP contribution is -2.48. The molecule has 8 heteroatoms. The third-order valence-corrected chi connectivity index (χ3v) is 7.13. The average Bonchev–Trinajstić information content (AvgIpc) is 3.34. The molecule has 0 spiro atoms. The van der Waals surface area contributed by atoms with Crippen LogP contribution in [0.3, 0.4) is 0 Å². The van der Waals surface area contributed by atoms with Crippen molar-refractivity contribution < 1.29 is 9.42 Å². The van der Waals surface area contributed by atoms with Crippen molar-refractivity contribution in [1.82, 2.24) is 20.0 Å². The van der Waals surface area contributed by atoms with Crippen LogP contribution in [-0.4, -0.2) is 59.4 Å². The molecule has 3 N–H and O–H groups in total. The van der Waals surface area contributed by atoms with Crippen LogP contribution in [0.4, 0.5) is 11.5 Å². The van der Waals surface area contributed by atoms with Gasteiger partial charge in [0.15, 0.2) is 5.82 Å². The number of anilines is 2. The SMILES string of the molecule is Nc1ccc(-c2nc(N3CCOCC3)c3c[nH][n+](C4CCN(Cc5ccccc5)CC4)c3n2)cc1. The molecule has 0 atom stereocenters. The molecule has 2 aliphatic rings. The summed E-state index contributed by atoms with van der Waals surface area (Å²) in [4.78, 5) is 14.9. The summed E-state index contributed by atoms with van der Waals surface area (Å²) in [5, 5.41) is 4.60. The molecular formula is C27H32N7O+. The lowest BCUT2D eigenvalue weighted by atomic mass is 10.0. The van der Waals surface area contributed by atoms with Gasteiger partial charge < -0.3 is 15.4 Å². The summed E-state index contributed by atoms with van der Waals surface area (Å²) in [6.45, 7) is 6.24. The highest BCUT2D eigenvalue weighted by molar-refractivity contribution is 5.86. The fourth-order valence-electron chi connectivity index (χ4n) is 5.19. The number of ether oxygens (including phenoxy) is 1. The number of nitrogens with two attached hydrogens (primary N) is 1. The summed E-state index contributed by atoms with van der Waals surface area (Å²) in [5.74, 6) is 1.70. The van der Waals surface area contributed by atoms with Crippen LogP contribution in [0.25, 0.3) is 22.4 Å². The fraction of sp³-hybridized carbons (Fsp3) is 0.370. The third-order valence-electron chi connectivity index (χ3n) is 7.13. The molecule has 0 amide bonds. The van der Waals surface area contributed by atoms with Crippen LogP contribution < -0.4 is 15.3 Å². The highest BCUT2D eigenvalue weighted by Crippen LogP contribution is 2.29. The second-order valence-electron chi connectivity index (χ2n) is 9.47. The molecule has 0 aliphatic carbocycles. The van der Waals surface area contributed by atoms with Gasteiger partial charge in [0.2, 0.25) is 0 Å². The standard InChI is InChI=1S/C27H31N7O/c28-22-8-6-21(7-9-22)25-30-26(33-14-16-35-17-15-33)24-18-29-34(27(24)31-25)23-10-12-32(13-11-23)19-20-4-2-1-3-5-20/h1-9,18,23H,10-17,19H2,(H2,28,29,30,31)/p+1. The minimum Gasteiger partial charge on any atom is -0.399 e. The Balaban J connectivity index is 1.31. The van der Waals surface area contributed by atoms with E-state index in [4.69, 9.17) is 20.4 Å². The fourth-order valence-corrected chi connectivity index (χ4v) is 5.19. The van der Waals surface area contributed by atoms with Crippen molar-refractivity contribution >= 4 is 22.5 Å². The minimum absolute atomic E-state index is 0.381. The number of aromatic nitrogens is 4. The van der Waals surface area contributed by atoms with E-state index in [9.17, 15) is 0 Å². The molecule has 4 aromatic rings. The number of fused-ring (bicyclic) bond motifs is 1. The van der Waals surface area contributed by atoms with Crippen LogP contribution in [0.15, 0.2) is 60.8 Å². The molecule has 2 aliphatic heterocycles. The number of nitrogens with zero attached hydrogens (tertiary/aromatic N) is 5. The first-order valence-electron chi connectivity index (χ1n) is 12.5. The molecule has 2 fully saturated rings. The molecular weight excluding hydrogens is 438 g/mol. The quantitative estimate of drug-likeness (QED) is 0.344. The molecule has 0 bridgehead atoms. The van der Waals surface area contributed by atoms with E-state index in [1.54, 1.807) is 0 Å². The molecule has 0 radical (unpaired) electrons. The van der Waals surface area contributed by atoms with Gasteiger partial charge in [0, 0.05) is 56.8 Å². The molecule has 2 aromatic carbocycles. The van der Waals surface area contributed by atoms with E-state index in [2.05, 4.69) is 56.1 Å². The Morgan fingerprint density at radius 2 is 1.69 bits per heavy atom. The summed E-state index contributed by atoms with van der Waals surface area (Å²) in [6, 6.07) is 18.9. The van der Waals surface area contributed by atoms with Gasteiger partial charge in [0.05, 0.1) is 19.4 Å². The van der Waals surface area contributed by atoms with Crippen molar-refractivity contribution in [3.63, 3.8) is 0 Å². The third kappa shape index (κ3) is 4.59. The summed E-state index contributed by atoms with van der Waals surface area (Å²) in [6.07, 6.45) is 4.24. The van der Waals surface area contributed by atoms with Gasteiger partial charge in [0.25, 0.3) is 5.82 Å². The normalized spacial score (nSPS) is 17.8. The maximum Gasteiger partial charge on any atom is 0.357 e. The predicted octanol–water partition coefficient (Wildman–Crippen LogP) is 3.17. The lowest BCUT2D eigenvalue weighted by molar-refractivity contribution is -0.755. The second-order valence-corrected chi connectivity index (χ2v) is 9.47. The van der Waals surface area contributed by atoms with E-state index >= 15 is 0 Å². The Morgan fingerprint density at radius 1 is 0.943 bits per heavy atom. The van der Waals surface area contributed by atoms with Gasteiger partial charge >= 0.3 is 5.65 Å². The van der Waals surface area contributed by atoms with E-state index in [1.165, 1.54) is 5.56 Å². The van der Waals surface area contributed by atoms with Gasteiger partial charge in [0.1, 0.15) is 11.4 Å². The zero-order chi connectivity index (χ0) is 23.6. The molecule has 0 saturated carbocycles. The first-order chi connectivity index (χ1) is 17.2. The van der Waals surface area contributed by atoms with E-state index in [0.717, 1.165) is 79.5 Å². The lowest BCUT2D eigenvalue weighted by Gasteiger charge is -2.30. The monoisotopic (exact) mass is 470 g/mol. The topological polar surface area (TPSA) is 87.2 Å². The van der Waals surface area contributed by atoms with Crippen molar-refractivity contribution in [3.8, 4) is 11.4 Å². The number of benzene rings is 2. The Hall–Kier alpha value is -3.49. The number of H-pyrrole nitrogens is 1. The number of nitrogens with one attached hydrogen (secondary N) is 1. The van der Waals surface area contributed by atoms with Crippen LogP contribution in [0, 0.1) is 0 Å². The molecule has 4 heterocycles. The Bertz CT molecular complexity index is 1270. The van der Waals surface area contributed by atoms with Crippen LogP contribution in [0.2, 0.25) is 0 Å². The Labute approximate surface area is 205 Å². The number of hydrogen-bond donors (Lipinski definition) is 2. The molecule has 2 aromatic heterocycles. The highest BCUT2D eigenvalue weighted by atomic mass is 16.5. The smallest absolute Gasteiger partial charge is 0.357 e. The largest absolute Gasteiger partial charge is 0.399 e. The van der Waals surface area contributed by atoms with Gasteiger partial charge in [-0.25, -0.2) is 5.10 Å². The zero-order valence-corrected chi connectivity index (χ0v) is 19.9. The van der Waals surface area contributed by atoms with Gasteiger partial charge in [-0.3, -0.25) is 4.90 Å². The number of piperidine rings is 1. The Morgan fingerprint density at radius 3 is 2.43 bits per heavy atom. The van der Waals surface area contributed by atoms with E-state index in [-0.39, 0.29) is 0 Å². The summed E-state index contributed by atoms with van der Waals surface area (Å²) in [7, 11) is 0. The van der Waals surface area contributed by atoms with E-state index in [0.29, 0.717) is 19.3 Å². The van der Waals surface area contributed by atoms with Crippen LogP contribution in [0.5, 0.6) is 0 Å². The summed E-state index contributed by atoms with van der Waals surface area (Å²) >= 11 is 0. The van der Waals surface area contributed by atoms with Gasteiger partial charge in [-0.2, -0.15) is 9.67 Å². The highest BCUT2D eigenvalue weighted by Gasteiger charge is 2.31. The van der Waals surface area contributed by atoms with Crippen molar-refractivity contribution in [2.24, 2.45) is 0 Å². The number of rotatable bonds is 5. The number of aromatic amines is 1. The molecule has 8 nitrogen and oxygen atoms in total. The van der Waals surface area contributed by atoms with Crippen LogP contribution in [0.1, 0.15) is 24.4 Å². The zero-order valence-electron chi connectivity index (χ0n) is 19.9. The second kappa shape index (κ2) is 9.64. The van der Waals surface area contributed by atoms with Crippen LogP contribution in [-0.2, 0) is 11.3 Å². The van der Waals surface area contributed by atoms with Crippen molar-refractivity contribution in [3.05, 3.63) is 66.4 Å². The summed E-state index contributed by atoms with van der Waals surface area (Å²) in [5.41, 5.74) is 9.98. The summed E-state index contributed by atoms with van der Waals surface area (Å²) < 4.78 is 7.86. The maximum absolute atomic E-state index is 5.93. The van der Waals surface area contributed by atoms with Crippen molar-refractivity contribution in [2.45, 2.75) is 25.4 Å². The predicted molar refractivity (Wildman–Crippen MR) is 137 cm³/mol. The van der Waals surface area contributed by atoms with Gasteiger partial charge in [-0.1, -0.05) is 30.3 Å². The van der Waals surface area contributed by atoms with Crippen molar-refractivity contribution in [2.75, 3.05) is 50.0 Å². The number of nitrogen functional groups attached to an aromatic ring is 1. The maximum atomic E-state index is 5.93. The Kier molecular flexibility index (Phi) is 6.06. The molecule has 6 rings (SSSR count). The van der Waals surface area contributed by atoms with Gasteiger partial charge in [-0.05, 0) is 34.8 Å². The number of morpholine rings is 1. The van der Waals surface area contributed by atoms with E-state index in [1.807, 2.05) is 24.3 Å². The number of hydrogen-bond acceptors (Lipinski definition) is 6. The molecule has 180 valence electrons. The molecule has 35 heavy (non-hydrogen) atoms. The van der Waals surface area contributed by atoms with Gasteiger partial charge in [-0.15, -0.1) is 0 Å². The van der Waals surface area contributed by atoms with E-state index < -0.39 is 0 Å². The van der Waals surface area contributed by atoms with Crippen molar-refractivity contribution in [1.29, 1.82) is 0 Å². The average molecular weight is 471 g/mol. The first-order valence-corrected chi connectivity index (χ1v) is 12.5. The minimum atomic E-state index is 0.381. The number of likely N-dealkylation sites (tertiary alicyclic amines) is 1. The first kappa shape index (κ1) is 22.0. The van der Waals surface area contributed by atoms with Crippen LogP contribution >= 0.6 is 0 Å². The molecule has 2 saturated heterocycles.